The molecule has 3 aromatic heterocycles. The summed E-state index contributed by atoms with van der Waals surface area (Å²) in [6.07, 6.45) is 3.36. The van der Waals surface area contributed by atoms with Crippen LogP contribution < -0.4 is 10.6 Å². The van der Waals surface area contributed by atoms with Gasteiger partial charge in [0.2, 0.25) is 0 Å². The number of imidazole rings is 1. The third kappa shape index (κ3) is 5.61. The van der Waals surface area contributed by atoms with E-state index in [1.807, 2.05) is 24.4 Å². The molecule has 35 heavy (non-hydrogen) atoms. The monoisotopic (exact) mass is 495 g/mol. The Balaban J connectivity index is 0.00000289. The number of H-pyrrole nitrogens is 1. The van der Waals surface area contributed by atoms with Gasteiger partial charge in [0.1, 0.15) is 11.5 Å². The second-order valence-electron chi connectivity index (χ2n) is 8.86. The van der Waals surface area contributed by atoms with E-state index in [9.17, 15) is 4.39 Å². The van der Waals surface area contributed by atoms with Gasteiger partial charge in [-0.25, -0.2) is 14.4 Å². The minimum Gasteiger partial charge on any atom is -0.382 e. The number of piperazine rings is 1. The molecule has 9 heteroatoms. The summed E-state index contributed by atoms with van der Waals surface area (Å²) in [5.41, 5.74) is 4.53. The van der Waals surface area contributed by atoms with Gasteiger partial charge in [-0.15, -0.1) is 0 Å². The predicted octanol–water partition coefficient (Wildman–Crippen LogP) is 5.21. The van der Waals surface area contributed by atoms with Crippen LogP contribution in [0.4, 0.5) is 10.1 Å². The summed E-state index contributed by atoms with van der Waals surface area (Å²) in [4.78, 5) is 19.2. The molecule has 1 saturated heterocycles. The fraction of sp³-hybridized carbons (Fsp3) is 0.346. The van der Waals surface area contributed by atoms with Crippen LogP contribution in [0, 0.1) is 5.82 Å². The number of halogens is 2. The van der Waals surface area contributed by atoms with Crippen LogP contribution in [-0.4, -0.2) is 63.1 Å². The highest BCUT2D eigenvalue weighted by Gasteiger charge is 2.20. The minimum absolute atomic E-state index is 0. The second-order valence-corrected chi connectivity index (χ2v) is 9.30. The third-order valence-corrected chi connectivity index (χ3v) is 6.24. The second kappa shape index (κ2) is 10.7. The number of nitrogens with zero attached hydrogens (tertiary/aromatic N) is 4. The molecular weight excluding hydrogens is 465 g/mol. The molecule has 1 aliphatic heterocycles. The molecular formula is C26H31ClFN7. The molecule has 0 saturated carbocycles. The van der Waals surface area contributed by atoms with Gasteiger partial charge in [-0.2, -0.15) is 0 Å². The summed E-state index contributed by atoms with van der Waals surface area (Å²) in [5, 5.41) is 7.48. The van der Waals surface area contributed by atoms with Crippen molar-refractivity contribution in [2.45, 2.75) is 33.4 Å². The Kier molecular flexibility index (Phi) is 7.64. The Labute approximate surface area is 210 Å². The Hall–Kier alpha value is -3.07. The topological polar surface area (TPSA) is 81.8 Å². The van der Waals surface area contributed by atoms with E-state index in [0.717, 1.165) is 42.9 Å². The molecule has 0 aliphatic carbocycles. The van der Waals surface area contributed by atoms with E-state index in [2.05, 4.69) is 44.3 Å². The fourth-order valence-electron chi connectivity index (χ4n) is 4.60. The van der Waals surface area contributed by atoms with Gasteiger partial charge in [0.05, 0.1) is 40.6 Å². The maximum atomic E-state index is 14.5. The molecule has 4 heterocycles. The number of hydrogen-bond donors (Lipinski definition) is 3. The lowest BCUT2D eigenvalue weighted by Crippen LogP contribution is -2.54. The van der Waals surface area contributed by atoms with Gasteiger partial charge in [-0.3, -0.25) is 9.88 Å². The van der Waals surface area contributed by atoms with Crippen LogP contribution in [0.5, 0.6) is 0 Å². The normalized spacial score (nSPS) is 18.4. The summed E-state index contributed by atoms with van der Waals surface area (Å²) in [5.74, 6) is -0.389. The fourth-order valence-corrected chi connectivity index (χ4v) is 4.77. The zero-order chi connectivity index (χ0) is 23.7. The molecule has 7 nitrogen and oxygen atoms in total. The predicted molar refractivity (Wildman–Crippen MR) is 141 cm³/mol. The van der Waals surface area contributed by atoms with Crippen LogP contribution in [0.15, 0.2) is 48.9 Å². The number of benzene rings is 1. The van der Waals surface area contributed by atoms with Crippen molar-refractivity contribution in [3.8, 4) is 22.6 Å². The molecule has 4 aromatic rings. The molecule has 0 radical (unpaired) electrons. The SMILES string of the molecule is C.C[C@@H]1CN(CCNc2cnc3ccc(-c4[nH]cnc4-c4cc(Cl)ccc4F)nc3c2)C[C@H](C)N1. The van der Waals surface area contributed by atoms with Crippen molar-refractivity contribution >= 4 is 28.3 Å². The first-order valence-electron chi connectivity index (χ1n) is 11.4. The van der Waals surface area contributed by atoms with Crippen LogP contribution in [0.1, 0.15) is 21.3 Å². The summed E-state index contributed by atoms with van der Waals surface area (Å²) < 4.78 is 14.5. The highest BCUT2D eigenvalue weighted by Crippen LogP contribution is 2.32. The van der Waals surface area contributed by atoms with E-state index in [-0.39, 0.29) is 13.2 Å². The lowest BCUT2D eigenvalue weighted by atomic mass is 10.1. The Bertz CT molecular complexity index is 1300. The van der Waals surface area contributed by atoms with E-state index in [1.54, 1.807) is 6.07 Å². The largest absolute Gasteiger partial charge is 0.382 e. The van der Waals surface area contributed by atoms with Gasteiger partial charge < -0.3 is 15.6 Å². The minimum atomic E-state index is -0.389. The van der Waals surface area contributed by atoms with E-state index in [1.165, 1.54) is 18.5 Å². The first-order valence-corrected chi connectivity index (χ1v) is 11.8. The average molecular weight is 496 g/mol. The van der Waals surface area contributed by atoms with Crippen molar-refractivity contribution in [3.63, 3.8) is 0 Å². The Morgan fingerprint density at radius 1 is 1.09 bits per heavy atom. The maximum absolute atomic E-state index is 14.5. The van der Waals surface area contributed by atoms with Gasteiger partial charge in [0.15, 0.2) is 0 Å². The van der Waals surface area contributed by atoms with Crippen LogP contribution in [-0.2, 0) is 0 Å². The molecule has 0 unspecified atom stereocenters. The van der Waals surface area contributed by atoms with Crippen LogP contribution in [0.2, 0.25) is 5.02 Å². The highest BCUT2D eigenvalue weighted by molar-refractivity contribution is 6.30. The summed E-state index contributed by atoms with van der Waals surface area (Å²) >= 11 is 6.09. The van der Waals surface area contributed by atoms with Gasteiger partial charge in [-0.05, 0) is 50.2 Å². The van der Waals surface area contributed by atoms with Gasteiger partial charge in [0.25, 0.3) is 0 Å². The van der Waals surface area contributed by atoms with Gasteiger partial charge >= 0.3 is 0 Å². The molecule has 0 bridgehead atoms. The quantitative estimate of drug-likeness (QED) is 0.340. The zero-order valence-corrected chi connectivity index (χ0v) is 19.9. The summed E-state index contributed by atoms with van der Waals surface area (Å²) in [6.45, 7) is 8.33. The molecule has 2 atom stereocenters. The Morgan fingerprint density at radius 3 is 2.69 bits per heavy atom. The smallest absolute Gasteiger partial charge is 0.132 e. The van der Waals surface area contributed by atoms with Crippen molar-refractivity contribution in [1.29, 1.82) is 0 Å². The van der Waals surface area contributed by atoms with Gasteiger partial charge in [0, 0.05) is 48.8 Å². The summed E-state index contributed by atoms with van der Waals surface area (Å²) in [6, 6.07) is 11.2. The molecule has 1 aliphatic rings. The molecule has 0 spiro atoms. The van der Waals surface area contributed by atoms with Crippen molar-refractivity contribution in [3.05, 3.63) is 59.8 Å². The van der Waals surface area contributed by atoms with Crippen LogP contribution in [0.3, 0.4) is 0 Å². The molecule has 184 valence electrons. The number of fused-ring (bicyclic) bond motifs is 1. The van der Waals surface area contributed by atoms with Crippen molar-refractivity contribution in [2.24, 2.45) is 0 Å². The number of anilines is 1. The van der Waals surface area contributed by atoms with E-state index in [4.69, 9.17) is 16.6 Å². The number of nitrogens with one attached hydrogen (secondary N) is 3. The number of hydrogen-bond acceptors (Lipinski definition) is 6. The van der Waals surface area contributed by atoms with E-state index < -0.39 is 0 Å². The van der Waals surface area contributed by atoms with E-state index >= 15 is 0 Å². The van der Waals surface area contributed by atoms with Crippen molar-refractivity contribution < 1.29 is 4.39 Å². The Morgan fingerprint density at radius 2 is 1.89 bits per heavy atom. The van der Waals surface area contributed by atoms with Crippen LogP contribution in [0.25, 0.3) is 33.7 Å². The molecule has 1 aromatic carbocycles. The van der Waals surface area contributed by atoms with Crippen molar-refractivity contribution in [2.75, 3.05) is 31.5 Å². The molecule has 1 fully saturated rings. The van der Waals surface area contributed by atoms with Crippen molar-refractivity contribution in [1.82, 2.24) is 30.2 Å². The zero-order valence-electron chi connectivity index (χ0n) is 19.1. The summed E-state index contributed by atoms with van der Waals surface area (Å²) in [7, 11) is 0. The first kappa shape index (κ1) is 25.0. The standard InChI is InChI=1S/C25H27ClFN7.CH4/c1-15-12-34(13-16(2)32-15)8-7-28-18-10-23-21(29-11-18)5-6-22(33-23)25-24(30-14-31-25)19-9-17(26)3-4-20(19)27;/h3-6,9-11,14-16,28,32H,7-8,12-13H2,1-2H3,(H,30,31);1H4/t15-,16+;. The number of pyridine rings is 2. The first-order chi connectivity index (χ1) is 16.5. The van der Waals surface area contributed by atoms with Crippen LogP contribution >= 0.6 is 11.6 Å². The number of rotatable bonds is 6. The lowest BCUT2D eigenvalue weighted by Gasteiger charge is -2.36. The molecule has 3 N–H and O–H groups in total. The van der Waals surface area contributed by atoms with E-state index in [0.29, 0.717) is 39.8 Å². The maximum Gasteiger partial charge on any atom is 0.132 e. The number of aromatic nitrogens is 4. The average Bonchev–Trinajstić information content (AvgIpc) is 3.29. The third-order valence-electron chi connectivity index (χ3n) is 6.01. The van der Waals surface area contributed by atoms with Gasteiger partial charge in [-0.1, -0.05) is 19.0 Å². The lowest BCUT2D eigenvalue weighted by molar-refractivity contribution is 0.179. The molecule has 0 amide bonds. The molecule has 5 rings (SSSR count). The highest BCUT2D eigenvalue weighted by atomic mass is 35.5. The number of aromatic amines is 1.